The fourth-order valence-corrected chi connectivity index (χ4v) is 8.37. The quantitative estimate of drug-likeness (QED) is 0.142. The summed E-state index contributed by atoms with van der Waals surface area (Å²) in [7, 11) is -4.01. The predicted molar refractivity (Wildman–Crippen MR) is 214 cm³/mol. The first-order valence-corrected chi connectivity index (χ1v) is 20.4. The molecule has 0 unspecified atom stereocenters. The molecule has 5 aromatic rings. The molecule has 13 heteroatoms. The van der Waals surface area contributed by atoms with Crippen molar-refractivity contribution < 1.29 is 27.8 Å². The van der Waals surface area contributed by atoms with Crippen LogP contribution in [0.3, 0.4) is 0 Å². The van der Waals surface area contributed by atoms with Crippen LogP contribution in [-0.4, -0.2) is 79.2 Å². The van der Waals surface area contributed by atoms with Crippen LogP contribution in [0.1, 0.15) is 47.1 Å². The second-order valence-electron chi connectivity index (χ2n) is 14.4. The zero-order valence-electron chi connectivity index (χ0n) is 31.6. The molecule has 56 heavy (non-hydrogen) atoms. The second-order valence-corrected chi connectivity index (χ2v) is 16.2. The highest BCUT2D eigenvalue weighted by Gasteiger charge is 2.40. The number of piperazine rings is 1. The van der Waals surface area contributed by atoms with Gasteiger partial charge in [-0.1, -0.05) is 91.3 Å². The maximum atomic E-state index is 14.0. The molecule has 3 N–H and O–H groups in total. The third-order valence-corrected chi connectivity index (χ3v) is 11.9. The molecule has 2 aliphatic rings. The first-order valence-electron chi connectivity index (χ1n) is 18.9. The molecule has 4 aromatic carbocycles. The van der Waals surface area contributed by atoms with E-state index in [0.29, 0.717) is 17.8 Å². The Hall–Kier alpha value is -5.02. The zero-order valence-corrected chi connectivity index (χ0v) is 32.4. The minimum absolute atomic E-state index is 0.00936. The van der Waals surface area contributed by atoms with Crippen molar-refractivity contribution in [2.24, 2.45) is 5.92 Å². The van der Waals surface area contributed by atoms with Crippen molar-refractivity contribution in [3.05, 3.63) is 149 Å². The van der Waals surface area contributed by atoms with E-state index in [2.05, 4.69) is 36.7 Å². The van der Waals surface area contributed by atoms with Crippen LogP contribution in [0.5, 0.6) is 0 Å². The van der Waals surface area contributed by atoms with Gasteiger partial charge in [-0.05, 0) is 60.4 Å². The van der Waals surface area contributed by atoms with Crippen molar-refractivity contribution in [2.75, 3.05) is 42.9 Å². The fourth-order valence-electron chi connectivity index (χ4n) is 7.17. The lowest BCUT2D eigenvalue weighted by Gasteiger charge is -2.44. The smallest absolute Gasteiger partial charge is 0.242 e. The van der Waals surface area contributed by atoms with Gasteiger partial charge >= 0.3 is 0 Å². The predicted octanol–water partition coefficient (Wildman–Crippen LogP) is 5.42. The molecule has 0 bridgehead atoms. The molecule has 1 aromatic heterocycles. The third kappa shape index (κ3) is 9.67. The molecular formula is C43H48N6O6S. The van der Waals surface area contributed by atoms with Crippen molar-refractivity contribution in [3.63, 3.8) is 0 Å². The van der Waals surface area contributed by atoms with Crippen LogP contribution in [0.4, 0.5) is 11.6 Å². The van der Waals surface area contributed by atoms with Crippen molar-refractivity contribution >= 4 is 27.6 Å². The number of aliphatic hydroxyl groups is 1. The van der Waals surface area contributed by atoms with E-state index in [9.17, 15) is 18.3 Å². The summed E-state index contributed by atoms with van der Waals surface area (Å²) < 4.78 is 43.1. The summed E-state index contributed by atoms with van der Waals surface area (Å²) in [6, 6.07) is 31.6. The Morgan fingerprint density at radius 2 is 1.55 bits per heavy atom. The number of hydrogen-bond acceptors (Lipinski definition) is 10. The van der Waals surface area contributed by atoms with Crippen LogP contribution < -0.4 is 14.9 Å². The maximum absolute atomic E-state index is 14.0. The number of aryl methyl sites for hydroxylation is 1. The Bertz CT molecular complexity index is 2150. The number of sulfonamides is 1. The number of nitrogens with zero attached hydrogens (tertiary/aromatic N) is 4. The number of amides is 1. The zero-order chi connectivity index (χ0) is 39.1. The van der Waals surface area contributed by atoms with Crippen LogP contribution in [0.15, 0.2) is 126 Å². The lowest BCUT2D eigenvalue weighted by atomic mass is 9.90. The van der Waals surface area contributed by atoms with E-state index in [1.165, 1.54) is 12.1 Å². The molecule has 1 amide bonds. The Balaban J connectivity index is 1.10. The fraction of sp³-hybridized carbons (Fsp3) is 0.326. The van der Waals surface area contributed by atoms with Crippen molar-refractivity contribution in [1.82, 2.24) is 19.6 Å². The standard InChI is InChI=1S/C43H48N6O6S/c1-30-12-18-37(19-13-30)56(52,53)47-38(26-32-8-4-3-5-9-32)41(51)46-36-11-6-10-35(27-36)42-54-39(31(2)40(55-42)34-16-14-33(29-50)15-17-34)28-48-22-24-49(25-23-48)43-44-20-7-21-45-43/h3-21,27,31,38-40,42,47,50H,22-26,28-29H2,1-2H3,(H,46,51)/t31-,38-,39+,40+,42+/m1/s1. The molecule has 292 valence electrons. The summed E-state index contributed by atoms with van der Waals surface area (Å²) in [5.41, 5.74) is 4.72. The number of benzene rings is 4. The highest BCUT2D eigenvalue weighted by atomic mass is 32.2. The average Bonchev–Trinajstić information content (AvgIpc) is 3.22. The van der Waals surface area contributed by atoms with Gasteiger partial charge in [0.1, 0.15) is 6.04 Å². The van der Waals surface area contributed by atoms with Gasteiger partial charge in [-0.2, -0.15) is 4.72 Å². The molecule has 2 fully saturated rings. The number of nitrogens with one attached hydrogen (secondary N) is 2. The molecule has 0 saturated carbocycles. The molecule has 12 nitrogen and oxygen atoms in total. The number of carbonyl (C=O) groups is 1. The van der Waals surface area contributed by atoms with Crippen molar-refractivity contribution in [2.45, 2.75) is 56.3 Å². The Labute approximate surface area is 328 Å². The van der Waals surface area contributed by atoms with Crippen LogP contribution in [0, 0.1) is 12.8 Å². The van der Waals surface area contributed by atoms with Gasteiger partial charge in [0.15, 0.2) is 6.29 Å². The van der Waals surface area contributed by atoms with Gasteiger partial charge in [-0.15, -0.1) is 0 Å². The summed E-state index contributed by atoms with van der Waals surface area (Å²) in [6.45, 7) is 7.91. The molecule has 7 rings (SSSR count). The number of ether oxygens (including phenoxy) is 2. The number of carbonyl (C=O) groups excluding carboxylic acids is 1. The number of aliphatic hydroxyl groups excluding tert-OH is 1. The number of hydrogen-bond donors (Lipinski definition) is 3. The lowest BCUT2D eigenvalue weighted by Crippen LogP contribution is -2.51. The highest BCUT2D eigenvalue weighted by molar-refractivity contribution is 7.89. The molecule has 2 aliphatic heterocycles. The van der Waals surface area contributed by atoms with Gasteiger partial charge in [0.05, 0.1) is 23.7 Å². The first kappa shape index (κ1) is 39.2. The van der Waals surface area contributed by atoms with Gasteiger partial charge < -0.3 is 24.8 Å². The summed E-state index contributed by atoms with van der Waals surface area (Å²) in [6.07, 6.45) is 2.41. The molecule has 2 saturated heterocycles. The van der Waals surface area contributed by atoms with Gasteiger partial charge in [-0.25, -0.2) is 18.4 Å². The van der Waals surface area contributed by atoms with E-state index in [1.54, 1.807) is 30.6 Å². The molecule has 0 radical (unpaired) electrons. The van der Waals surface area contributed by atoms with E-state index >= 15 is 0 Å². The van der Waals surface area contributed by atoms with Crippen LogP contribution in [-0.2, 0) is 37.3 Å². The Kier molecular flexibility index (Phi) is 12.5. The van der Waals surface area contributed by atoms with E-state index in [1.807, 2.05) is 85.8 Å². The minimum Gasteiger partial charge on any atom is -0.392 e. The van der Waals surface area contributed by atoms with Crippen LogP contribution in [0.2, 0.25) is 0 Å². The Morgan fingerprint density at radius 3 is 2.25 bits per heavy atom. The van der Waals surface area contributed by atoms with E-state index < -0.39 is 28.3 Å². The van der Waals surface area contributed by atoms with Gasteiger partial charge in [0, 0.05) is 62.3 Å². The monoisotopic (exact) mass is 776 g/mol. The van der Waals surface area contributed by atoms with Crippen molar-refractivity contribution in [1.29, 1.82) is 0 Å². The van der Waals surface area contributed by atoms with E-state index in [4.69, 9.17) is 9.47 Å². The Morgan fingerprint density at radius 1 is 0.839 bits per heavy atom. The maximum Gasteiger partial charge on any atom is 0.242 e. The molecule has 3 heterocycles. The normalized spacial score (nSPS) is 21.0. The van der Waals surface area contributed by atoms with Crippen LogP contribution >= 0.6 is 0 Å². The molecule has 5 atom stereocenters. The summed E-state index contributed by atoms with van der Waals surface area (Å²) >= 11 is 0. The highest BCUT2D eigenvalue weighted by Crippen LogP contribution is 2.42. The van der Waals surface area contributed by atoms with E-state index in [0.717, 1.165) is 54.4 Å². The minimum atomic E-state index is -4.01. The molecule has 0 aliphatic carbocycles. The third-order valence-electron chi connectivity index (χ3n) is 10.4. The SMILES string of the molecule is Cc1ccc(S(=O)(=O)N[C@H](Cc2ccccc2)C(=O)Nc2cccc([C@H]3O[C@@H](CN4CCN(c5ncccn5)CC4)[C@@H](C)[C@@H](c4ccc(CO)cc4)O3)c2)cc1. The number of rotatable bonds is 13. The van der Waals surface area contributed by atoms with Crippen molar-refractivity contribution in [3.8, 4) is 0 Å². The summed E-state index contributed by atoms with van der Waals surface area (Å²) in [5, 5.41) is 12.6. The lowest BCUT2D eigenvalue weighted by molar-refractivity contribution is -0.276. The molecule has 0 spiro atoms. The largest absolute Gasteiger partial charge is 0.392 e. The molecular weight excluding hydrogens is 729 g/mol. The van der Waals surface area contributed by atoms with Gasteiger partial charge in [0.2, 0.25) is 21.9 Å². The summed E-state index contributed by atoms with van der Waals surface area (Å²) in [5.74, 6) is 0.224. The van der Waals surface area contributed by atoms with Gasteiger partial charge in [0.25, 0.3) is 0 Å². The van der Waals surface area contributed by atoms with Crippen LogP contribution in [0.25, 0.3) is 0 Å². The first-order chi connectivity index (χ1) is 27.1. The van der Waals surface area contributed by atoms with E-state index in [-0.39, 0.29) is 36.0 Å². The second kappa shape index (κ2) is 17.8. The summed E-state index contributed by atoms with van der Waals surface area (Å²) in [4.78, 5) is 27.5. The number of anilines is 2. The van der Waals surface area contributed by atoms with Gasteiger partial charge in [-0.3, -0.25) is 9.69 Å². The topological polar surface area (TPSA) is 146 Å². The average molecular weight is 777 g/mol. The number of aromatic nitrogens is 2.